The number of aryl methyl sites for hydroxylation is 1. The smallest absolute Gasteiger partial charge is 0.285 e. The van der Waals surface area contributed by atoms with Crippen molar-refractivity contribution in [3.63, 3.8) is 0 Å². The van der Waals surface area contributed by atoms with Crippen LogP contribution in [-0.2, 0) is 6.54 Å². The van der Waals surface area contributed by atoms with Crippen LogP contribution in [0.5, 0.6) is 5.75 Å². The average molecular weight is 274 g/mol. The fraction of sp³-hybridized carbons (Fsp3) is 0.214. The van der Waals surface area contributed by atoms with Gasteiger partial charge in [-0.1, -0.05) is 17.7 Å². The molecule has 0 radical (unpaired) electrons. The molecule has 104 valence electrons. The van der Waals surface area contributed by atoms with Crippen LogP contribution in [0.15, 0.2) is 41.3 Å². The van der Waals surface area contributed by atoms with E-state index in [1.165, 1.54) is 22.9 Å². The van der Waals surface area contributed by atoms with Gasteiger partial charge in [-0.15, -0.1) is 0 Å². The maximum atomic E-state index is 11.8. The van der Waals surface area contributed by atoms with Gasteiger partial charge < -0.3 is 9.30 Å². The van der Waals surface area contributed by atoms with Crippen LogP contribution in [0.25, 0.3) is 0 Å². The third kappa shape index (κ3) is 2.85. The van der Waals surface area contributed by atoms with E-state index in [0.717, 1.165) is 11.1 Å². The second-order valence-corrected chi connectivity index (χ2v) is 4.43. The first-order valence-corrected chi connectivity index (χ1v) is 5.99. The number of aromatic nitrogens is 1. The van der Waals surface area contributed by atoms with Crippen molar-refractivity contribution in [2.45, 2.75) is 13.5 Å². The van der Waals surface area contributed by atoms with Crippen molar-refractivity contribution in [2.24, 2.45) is 0 Å². The predicted octanol–water partition coefficient (Wildman–Crippen LogP) is 2.12. The summed E-state index contributed by atoms with van der Waals surface area (Å²) in [4.78, 5) is 22.0. The summed E-state index contributed by atoms with van der Waals surface area (Å²) in [5, 5.41) is 10.8. The van der Waals surface area contributed by atoms with Gasteiger partial charge in [0.25, 0.3) is 11.2 Å². The molecule has 0 amide bonds. The number of nitrogens with zero attached hydrogens (tertiary/aromatic N) is 2. The number of methoxy groups -OCH3 is 1. The van der Waals surface area contributed by atoms with Gasteiger partial charge in [0.2, 0.25) is 0 Å². The van der Waals surface area contributed by atoms with Crippen molar-refractivity contribution < 1.29 is 9.66 Å². The van der Waals surface area contributed by atoms with Crippen molar-refractivity contribution in [1.29, 1.82) is 0 Å². The Morgan fingerprint density at radius 2 is 2.05 bits per heavy atom. The van der Waals surface area contributed by atoms with Crippen LogP contribution >= 0.6 is 0 Å². The molecule has 0 saturated carbocycles. The van der Waals surface area contributed by atoms with Crippen LogP contribution in [0.2, 0.25) is 0 Å². The minimum absolute atomic E-state index is 0.115. The maximum Gasteiger partial charge on any atom is 0.285 e. The Balaban J connectivity index is 2.44. The van der Waals surface area contributed by atoms with E-state index in [0.29, 0.717) is 5.75 Å². The molecule has 0 spiro atoms. The second kappa shape index (κ2) is 5.56. The Morgan fingerprint density at radius 3 is 2.70 bits per heavy atom. The van der Waals surface area contributed by atoms with E-state index in [4.69, 9.17) is 4.74 Å². The van der Waals surface area contributed by atoms with Crippen molar-refractivity contribution in [3.8, 4) is 5.75 Å². The largest absolute Gasteiger partial charge is 0.496 e. The summed E-state index contributed by atoms with van der Waals surface area (Å²) in [5.41, 5.74) is 1.42. The van der Waals surface area contributed by atoms with Gasteiger partial charge in [0.15, 0.2) is 0 Å². The van der Waals surface area contributed by atoms with E-state index in [9.17, 15) is 14.9 Å². The first-order valence-electron chi connectivity index (χ1n) is 5.99. The minimum Gasteiger partial charge on any atom is -0.496 e. The van der Waals surface area contributed by atoms with Crippen molar-refractivity contribution >= 4 is 5.69 Å². The third-order valence-electron chi connectivity index (χ3n) is 2.96. The summed E-state index contributed by atoms with van der Waals surface area (Å²) < 4.78 is 6.54. The van der Waals surface area contributed by atoms with Crippen LogP contribution in [0.3, 0.4) is 0 Å². The van der Waals surface area contributed by atoms with Crippen LogP contribution in [0, 0.1) is 17.0 Å². The van der Waals surface area contributed by atoms with Crippen LogP contribution in [0.4, 0.5) is 5.69 Å². The maximum absolute atomic E-state index is 11.8. The summed E-state index contributed by atoms with van der Waals surface area (Å²) >= 11 is 0. The number of hydrogen-bond donors (Lipinski definition) is 0. The number of benzene rings is 1. The lowest BCUT2D eigenvalue weighted by molar-refractivity contribution is -0.385. The fourth-order valence-electron chi connectivity index (χ4n) is 1.96. The number of hydrogen-bond acceptors (Lipinski definition) is 4. The highest BCUT2D eigenvalue weighted by Gasteiger charge is 2.10. The van der Waals surface area contributed by atoms with Gasteiger partial charge in [-0.25, -0.2) is 0 Å². The molecule has 0 saturated heterocycles. The Bertz CT molecular complexity index is 707. The molecular formula is C14H14N2O4. The van der Waals surface area contributed by atoms with Crippen LogP contribution in [-0.4, -0.2) is 16.6 Å². The quantitative estimate of drug-likeness (QED) is 0.632. The topological polar surface area (TPSA) is 74.4 Å². The zero-order chi connectivity index (χ0) is 14.7. The molecule has 0 atom stereocenters. The standard InChI is InChI=1S/C14H14N2O4/c1-10-3-5-13(20-2)11(7-10)8-15-9-12(16(18)19)4-6-14(15)17/h3-7,9H,8H2,1-2H3. The molecule has 0 unspecified atom stereocenters. The number of ether oxygens (including phenoxy) is 1. The Kier molecular flexibility index (Phi) is 3.84. The Morgan fingerprint density at radius 1 is 1.30 bits per heavy atom. The van der Waals surface area contributed by atoms with E-state index in [1.807, 2.05) is 25.1 Å². The molecule has 20 heavy (non-hydrogen) atoms. The molecule has 0 fully saturated rings. The van der Waals surface area contributed by atoms with E-state index >= 15 is 0 Å². The van der Waals surface area contributed by atoms with Gasteiger partial charge in [-0.3, -0.25) is 14.9 Å². The normalized spacial score (nSPS) is 10.3. The molecule has 6 heteroatoms. The molecule has 1 aromatic heterocycles. The van der Waals surface area contributed by atoms with Gasteiger partial charge >= 0.3 is 0 Å². The van der Waals surface area contributed by atoms with Crippen molar-refractivity contribution in [1.82, 2.24) is 4.57 Å². The average Bonchev–Trinajstić information content (AvgIpc) is 2.41. The van der Waals surface area contributed by atoms with Gasteiger partial charge in [-0.05, 0) is 13.0 Å². The van der Waals surface area contributed by atoms with Crippen LogP contribution in [0.1, 0.15) is 11.1 Å². The number of nitro groups is 1. The van der Waals surface area contributed by atoms with Crippen LogP contribution < -0.4 is 10.3 Å². The monoisotopic (exact) mass is 274 g/mol. The lowest BCUT2D eigenvalue weighted by atomic mass is 10.1. The van der Waals surface area contributed by atoms with Crippen molar-refractivity contribution in [2.75, 3.05) is 7.11 Å². The summed E-state index contributed by atoms with van der Waals surface area (Å²) in [6.45, 7) is 2.16. The van der Waals surface area contributed by atoms with Gasteiger partial charge in [0.1, 0.15) is 5.75 Å². The molecule has 6 nitrogen and oxygen atoms in total. The number of pyridine rings is 1. The molecule has 0 aliphatic heterocycles. The summed E-state index contributed by atoms with van der Waals surface area (Å²) in [7, 11) is 1.55. The van der Waals surface area contributed by atoms with E-state index in [2.05, 4.69) is 0 Å². The van der Waals surface area contributed by atoms with E-state index in [-0.39, 0.29) is 17.8 Å². The highest BCUT2D eigenvalue weighted by molar-refractivity contribution is 5.37. The first kappa shape index (κ1) is 13.8. The molecule has 1 heterocycles. The highest BCUT2D eigenvalue weighted by atomic mass is 16.6. The fourth-order valence-corrected chi connectivity index (χ4v) is 1.96. The van der Waals surface area contributed by atoms with Gasteiger partial charge in [0.05, 0.1) is 24.8 Å². The molecule has 2 rings (SSSR count). The van der Waals surface area contributed by atoms with Gasteiger partial charge in [-0.2, -0.15) is 0 Å². The second-order valence-electron chi connectivity index (χ2n) is 4.43. The molecule has 1 aromatic carbocycles. The first-order chi connectivity index (χ1) is 9.51. The van der Waals surface area contributed by atoms with Crippen molar-refractivity contribution in [3.05, 3.63) is 68.1 Å². The van der Waals surface area contributed by atoms with E-state index < -0.39 is 4.92 Å². The molecule has 0 aliphatic carbocycles. The Hall–Kier alpha value is -2.63. The highest BCUT2D eigenvalue weighted by Crippen LogP contribution is 2.20. The molecule has 2 aromatic rings. The molecule has 0 bridgehead atoms. The summed E-state index contributed by atoms with van der Waals surface area (Å²) in [5.74, 6) is 0.647. The Labute approximate surface area is 115 Å². The minimum atomic E-state index is -0.524. The zero-order valence-corrected chi connectivity index (χ0v) is 11.2. The number of rotatable bonds is 4. The molecule has 0 aliphatic rings. The third-order valence-corrected chi connectivity index (χ3v) is 2.96. The molecule has 0 N–H and O–H groups in total. The summed E-state index contributed by atoms with van der Waals surface area (Å²) in [6.07, 6.45) is 1.24. The van der Waals surface area contributed by atoms with E-state index in [1.54, 1.807) is 7.11 Å². The molecular weight excluding hydrogens is 260 g/mol. The lowest BCUT2D eigenvalue weighted by Gasteiger charge is -2.11. The lowest BCUT2D eigenvalue weighted by Crippen LogP contribution is -2.19. The zero-order valence-electron chi connectivity index (χ0n) is 11.2. The predicted molar refractivity (Wildman–Crippen MR) is 74.2 cm³/mol. The SMILES string of the molecule is COc1ccc(C)cc1Cn1cc([N+](=O)[O-])ccc1=O. The van der Waals surface area contributed by atoms with Gasteiger partial charge in [0, 0.05) is 17.7 Å². The summed E-state index contributed by atoms with van der Waals surface area (Å²) in [6, 6.07) is 8.00.